The summed E-state index contributed by atoms with van der Waals surface area (Å²) in [6.07, 6.45) is 0.750. The van der Waals surface area contributed by atoms with Crippen LogP contribution in [0.4, 0.5) is 4.39 Å². The van der Waals surface area contributed by atoms with E-state index in [0.29, 0.717) is 19.4 Å². The summed E-state index contributed by atoms with van der Waals surface area (Å²) in [7, 11) is -4.05. The molecule has 1 heterocycles. The third-order valence-corrected chi connectivity index (χ3v) is 5.58. The van der Waals surface area contributed by atoms with Crippen molar-refractivity contribution in [1.82, 2.24) is 9.62 Å². The normalized spacial score (nSPS) is 21.6. The highest BCUT2D eigenvalue weighted by Crippen LogP contribution is 2.26. The maximum Gasteiger partial charge on any atom is 0.254 e. The smallest absolute Gasteiger partial charge is 0.254 e. The summed E-state index contributed by atoms with van der Waals surface area (Å²) in [5.74, 6) is -0.477. The Labute approximate surface area is 155 Å². The zero-order valence-electron chi connectivity index (χ0n) is 14.1. The first kappa shape index (κ1) is 20.3. The Bertz CT molecular complexity index is 736. The molecule has 0 unspecified atom stereocenters. The molecule has 6 nitrogen and oxygen atoms in total. The number of benzene rings is 1. The molecule has 2 N–H and O–H groups in total. The molecule has 2 atom stereocenters. The number of halogens is 2. The van der Waals surface area contributed by atoms with E-state index < -0.39 is 39.6 Å². The maximum absolute atomic E-state index is 12.7. The van der Waals surface area contributed by atoms with Crippen molar-refractivity contribution in [2.75, 3.05) is 12.6 Å². The number of carbonyl (C=O) groups excluding carboxylic acids is 1. The summed E-state index contributed by atoms with van der Waals surface area (Å²) in [6, 6.07) is 4.84. The van der Waals surface area contributed by atoms with Crippen LogP contribution in [0.1, 0.15) is 25.8 Å². The molecular weight excluding hydrogens is 415 g/mol. The van der Waals surface area contributed by atoms with Gasteiger partial charge in [0, 0.05) is 17.1 Å². The molecule has 9 heteroatoms. The second-order valence-corrected chi connectivity index (χ2v) is 9.29. The van der Waals surface area contributed by atoms with Gasteiger partial charge in [-0.3, -0.25) is 4.79 Å². The van der Waals surface area contributed by atoms with Gasteiger partial charge in [0.25, 0.3) is 5.91 Å². The molecule has 0 aliphatic carbocycles. The number of alkyl halides is 1. The molecular formula is C16H22BrFN2O4S. The second kappa shape index (κ2) is 7.69. The number of sulfonamides is 1. The van der Waals surface area contributed by atoms with E-state index in [-0.39, 0.29) is 0 Å². The number of aliphatic hydroxyl groups is 1. The van der Waals surface area contributed by atoms with Crippen molar-refractivity contribution in [3.63, 3.8) is 0 Å². The van der Waals surface area contributed by atoms with Gasteiger partial charge in [-0.1, -0.05) is 28.1 Å². The van der Waals surface area contributed by atoms with E-state index in [9.17, 15) is 22.7 Å². The van der Waals surface area contributed by atoms with Gasteiger partial charge in [0.1, 0.15) is 5.60 Å². The topological polar surface area (TPSA) is 86.7 Å². The minimum absolute atomic E-state index is 0.293. The van der Waals surface area contributed by atoms with E-state index in [4.69, 9.17) is 0 Å². The van der Waals surface area contributed by atoms with Crippen LogP contribution < -0.4 is 4.72 Å². The lowest BCUT2D eigenvalue weighted by atomic mass is 9.99. The molecule has 1 aliphatic rings. The van der Waals surface area contributed by atoms with E-state index in [1.165, 1.54) is 18.7 Å². The lowest BCUT2D eigenvalue weighted by Crippen LogP contribution is -2.52. The predicted octanol–water partition coefficient (Wildman–Crippen LogP) is 1.58. The monoisotopic (exact) mass is 436 g/mol. The van der Waals surface area contributed by atoms with E-state index >= 15 is 0 Å². The fraction of sp³-hybridized carbons (Fsp3) is 0.562. The van der Waals surface area contributed by atoms with Crippen molar-refractivity contribution in [3.8, 4) is 0 Å². The van der Waals surface area contributed by atoms with Crippen LogP contribution in [0.5, 0.6) is 0 Å². The summed E-state index contributed by atoms with van der Waals surface area (Å²) < 4.78 is 39.2. The Hall–Kier alpha value is -1.03. The molecule has 25 heavy (non-hydrogen) atoms. The number of likely N-dealkylation sites (tertiary alicyclic amines) is 1. The van der Waals surface area contributed by atoms with Crippen molar-refractivity contribution in [2.45, 2.75) is 44.4 Å². The molecule has 1 aliphatic heterocycles. The minimum Gasteiger partial charge on any atom is -0.381 e. The minimum atomic E-state index is -4.05. The third-order valence-electron chi connectivity index (χ3n) is 4.14. The number of nitrogens with zero attached hydrogens (tertiary/aromatic N) is 1. The molecule has 1 aromatic carbocycles. The highest BCUT2D eigenvalue weighted by Gasteiger charge is 2.42. The molecule has 140 valence electrons. The Morgan fingerprint density at radius 2 is 2.16 bits per heavy atom. The number of hydrogen-bond donors (Lipinski definition) is 2. The standard InChI is InChI=1S/C16H22BrFN2O4S/c1-16(2,22)15(21)20-7-6-13(19-25(23,24)10-18)14(20)9-11-4-3-5-12(17)8-11/h3-5,8,13-14,19,22H,6-7,9-10H2,1-2H3/t13-,14-/m0/s1. The number of carbonyl (C=O) groups is 1. The molecule has 1 amide bonds. The molecule has 1 saturated heterocycles. The van der Waals surface area contributed by atoms with Crippen LogP contribution in [-0.4, -0.2) is 54.6 Å². The zero-order chi connectivity index (χ0) is 18.8. The highest BCUT2D eigenvalue weighted by atomic mass is 79.9. The van der Waals surface area contributed by atoms with E-state index in [1.54, 1.807) is 0 Å². The van der Waals surface area contributed by atoms with Crippen molar-refractivity contribution in [2.24, 2.45) is 0 Å². The van der Waals surface area contributed by atoms with Gasteiger partial charge < -0.3 is 10.0 Å². The summed E-state index contributed by atoms with van der Waals surface area (Å²) >= 11 is 3.38. The van der Waals surface area contributed by atoms with Crippen molar-refractivity contribution in [1.29, 1.82) is 0 Å². The number of rotatable bonds is 6. The van der Waals surface area contributed by atoms with E-state index in [1.807, 2.05) is 24.3 Å². The number of hydrogen-bond acceptors (Lipinski definition) is 4. The van der Waals surface area contributed by atoms with Gasteiger partial charge in [-0.05, 0) is 44.4 Å². The van der Waals surface area contributed by atoms with Crippen LogP contribution >= 0.6 is 15.9 Å². The Kier molecular flexibility index (Phi) is 6.24. The Balaban J connectivity index is 2.30. The Morgan fingerprint density at radius 3 is 2.72 bits per heavy atom. The first-order valence-corrected chi connectivity index (χ1v) is 10.3. The van der Waals surface area contributed by atoms with Crippen LogP contribution in [0, 0.1) is 0 Å². The lowest BCUT2D eigenvalue weighted by Gasteiger charge is -2.32. The summed E-state index contributed by atoms with van der Waals surface area (Å²) in [5.41, 5.74) is -0.664. The largest absolute Gasteiger partial charge is 0.381 e. The first-order valence-electron chi connectivity index (χ1n) is 7.87. The second-order valence-electron chi connectivity index (χ2n) is 6.70. The van der Waals surface area contributed by atoms with Crippen LogP contribution in [0.2, 0.25) is 0 Å². The van der Waals surface area contributed by atoms with Gasteiger partial charge in [-0.2, -0.15) is 0 Å². The average Bonchev–Trinajstić information content (AvgIpc) is 2.87. The molecule has 0 bridgehead atoms. The quantitative estimate of drug-likeness (QED) is 0.708. The molecule has 0 saturated carbocycles. The number of amides is 1. The summed E-state index contributed by atoms with van der Waals surface area (Å²) in [4.78, 5) is 14.0. The molecule has 0 aromatic heterocycles. The zero-order valence-corrected chi connectivity index (χ0v) is 16.5. The van der Waals surface area contributed by atoms with E-state index in [2.05, 4.69) is 20.7 Å². The van der Waals surface area contributed by atoms with Gasteiger partial charge in [0.15, 0.2) is 0 Å². The predicted molar refractivity (Wildman–Crippen MR) is 96.1 cm³/mol. The fourth-order valence-electron chi connectivity index (χ4n) is 3.01. The van der Waals surface area contributed by atoms with Gasteiger partial charge >= 0.3 is 0 Å². The third kappa shape index (κ3) is 5.22. The number of nitrogens with one attached hydrogen (secondary N) is 1. The summed E-state index contributed by atoms with van der Waals surface area (Å²) in [6.45, 7) is 3.08. The van der Waals surface area contributed by atoms with Crippen LogP contribution in [0.3, 0.4) is 0 Å². The van der Waals surface area contributed by atoms with Gasteiger partial charge in [0.2, 0.25) is 16.0 Å². The van der Waals surface area contributed by atoms with Crippen molar-refractivity contribution in [3.05, 3.63) is 34.3 Å². The molecule has 1 fully saturated rings. The van der Waals surface area contributed by atoms with Crippen LogP contribution in [0.15, 0.2) is 28.7 Å². The van der Waals surface area contributed by atoms with Gasteiger partial charge in [-0.15, -0.1) is 0 Å². The van der Waals surface area contributed by atoms with Gasteiger partial charge in [0.05, 0.1) is 6.04 Å². The molecule has 0 radical (unpaired) electrons. The molecule has 1 aromatic rings. The SMILES string of the molecule is CC(C)(O)C(=O)N1CC[C@H](NS(=O)(=O)CF)[C@@H]1Cc1cccc(Br)c1. The average molecular weight is 437 g/mol. The van der Waals surface area contributed by atoms with Crippen molar-refractivity contribution >= 4 is 31.9 Å². The molecule has 2 rings (SSSR count). The van der Waals surface area contributed by atoms with Crippen LogP contribution in [-0.2, 0) is 21.2 Å². The summed E-state index contributed by atoms with van der Waals surface area (Å²) in [5, 5.41) is 10.0. The fourth-order valence-corrected chi connectivity index (χ4v) is 4.26. The Morgan fingerprint density at radius 1 is 1.48 bits per heavy atom. The molecule has 0 spiro atoms. The van der Waals surface area contributed by atoms with E-state index in [0.717, 1.165) is 10.0 Å². The van der Waals surface area contributed by atoms with Gasteiger partial charge in [-0.25, -0.2) is 17.5 Å². The highest BCUT2D eigenvalue weighted by molar-refractivity contribution is 9.10. The maximum atomic E-state index is 12.7. The van der Waals surface area contributed by atoms with Crippen molar-refractivity contribution < 1.29 is 22.7 Å². The van der Waals surface area contributed by atoms with Crippen LogP contribution in [0.25, 0.3) is 0 Å². The lowest BCUT2D eigenvalue weighted by molar-refractivity contribution is -0.148. The first-order chi connectivity index (χ1) is 11.5.